The maximum absolute atomic E-state index is 6.20. The molecular formula is C17H27NO. The van der Waals surface area contributed by atoms with Crippen molar-refractivity contribution in [2.45, 2.75) is 58.3 Å². The summed E-state index contributed by atoms with van der Waals surface area (Å²) in [5, 5.41) is 0. The van der Waals surface area contributed by atoms with Gasteiger partial charge in [-0.1, -0.05) is 50.1 Å². The van der Waals surface area contributed by atoms with Crippen LogP contribution in [0.3, 0.4) is 0 Å². The highest BCUT2D eigenvalue weighted by Crippen LogP contribution is 2.18. The van der Waals surface area contributed by atoms with Crippen molar-refractivity contribution in [3.63, 3.8) is 0 Å². The van der Waals surface area contributed by atoms with Gasteiger partial charge in [-0.05, 0) is 31.2 Å². The van der Waals surface area contributed by atoms with Gasteiger partial charge in [0.25, 0.3) is 0 Å². The molecule has 0 aliphatic carbocycles. The molecule has 0 saturated carbocycles. The smallest absolute Gasteiger partial charge is 0.111 e. The van der Waals surface area contributed by atoms with Crippen molar-refractivity contribution in [3.8, 4) is 0 Å². The molecule has 19 heavy (non-hydrogen) atoms. The van der Waals surface area contributed by atoms with E-state index in [1.165, 1.54) is 57.2 Å². The second kappa shape index (κ2) is 8.34. The van der Waals surface area contributed by atoms with E-state index >= 15 is 0 Å². The van der Waals surface area contributed by atoms with Crippen LogP contribution in [0.5, 0.6) is 0 Å². The summed E-state index contributed by atoms with van der Waals surface area (Å²) in [6, 6.07) is 10.5. The molecule has 1 atom stereocenters. The summed E-state index contributed by atoms with van der Waals surface area (Å²) in [6.07, 6.45) is 8.04. The fraction of sp³-hybridized carbons (Fsp3) is 0.647. The Bertz CT molecular complexity index is 332. The van der Waals surface area contributed by atoms with Gasteiger partial charge in [0.1, 0.15) is 6.23 Å². The molecule has 2 nitrogen and oxygen atoms in total. The molecular weight excluding hydrogens is 234 g/mol. The number of ether oxygens (including phenoxy) is 1. The van der Waals surface area contributed by atoms with Crippen molar-refractivity contribution in [1.82, 2.24) is 4.90 Å². The van der Waals surface area contributed by atoms with Crippen molar-refractivity contribution >= 4 is 0 Å². The molecule has 1 aromatic rings. The molecule has 0 N–H and O–H groups in total. The standard InChI is InChI=1S/C17H27NO/c1-2-3-12-17(18-13-8-5-9-14-18)19-15-16-10-6-4-7-11-16/h4,6-7,10-11,17H,2-3,5,8-9,12-15H2,1H3. The highest BCUT2D eigenvalue weighted by Gasteiger charge is 2.20. The molecule has 106 valence electrons. The predicted octanol–water partition coefficient (Wildman–Crippen LogP) is 4.21. The van der Waals surface area contributed by atoms with Gasteiger partial charge in [0.2, 0.25) is 0 Å². The molecule has 0 amide bonds. The Morgan fingerprint density at radius 3 is 2.53 bits per heavy atom. The van der Waals surface area contributed by atoms with Crippen LogP contribution in [0, 0.1) is 0 Å². The quantitative estimate of drug-likeness (QED) is 0.729. The monoisotopic (exact) mass is 261 g/mol. The maximum atomic E-state index is 6.20. The van der Waals surface area contributed by atoms with Crippen LogP contribution in [0.1, 0.15) is 51.0 Å². The lowest BCUT2D eigenvalue weighted by atomic mass is 10.1. The van der Waals surface area contributed by atoms with Gasteiger partial charge < -0.3 is 4.74 Å². The van der Waals surface area contributed by atoms with Crippen LogP contribution >= 0.6 is 0 Å². The lowest BCUT2D eigenvalue weighted by Crippen LogP contribution is -2.40. The summed E-state index contributed by atoms with van der Waals surface area (Å²) in [7, 11) is 0. The maximum Gasteiger partial charge on any atom is 0.111 e. The fourth-order valence-electron chi connectivity index (χ4n) is 2.72. The zero-order valence-electron chi connectivity index (χ0n) is 12.2. The molecule has 2 heteroatoms. The average molecular weight is 261 g/mol. The van der Waals surface area contributed by atoms with Gasteiger partial charge in [-0.2, -0.15) is 0 Å². The first-order valence-electron chi connectivity index (χ1n) is 7.79. The topological polar surface area (TPSA) is 12.5 Å². The molecule has 1 fully saturated rings. The van der Waals surface area contributed by atoms with Crippen molar-refractivity contribution in [2.75, 3.05) is 13.1 Å². The number of hydrogen-bond acceptors (Lipinski definition) is 2. The van der Waals surface area contributed by atoms with Gasteiger partial charge in [0.05, 0.1) is 6.61 Å². The zero-order valence-corrected chi connectivity index (χ0v) is 12.2. The summed E-state index contributed by atoms with van der Waals surface area (Å²) in [6.45, 7) is 5.42. The van der Waals surface area contributed by atoms with Crippen LogP contribution in [-0.2, 0) is 11.3 Å². The van der Waals surface area contributed by atoms with Gasteiger partial charge in [0, 0.05) is 13.1 Å². The summed E-state index contributed by atoms with van der Waals surface area (Å²) in [5.41, 5.74) is 1.28. The Morgan fingerprint density at radius 2 is 1.84 bits per heavy atom. The van der Waals surface area contributed by atoms with E-state index in [0.29, 0.717) is 6.23 Å². The van der Waals surface area contributed by atoms with E-state index in [-0.39, 0.29) is 0 Å². The van der Waals surface area contributed by atoms with Crippen LogP contribution in [-0.4, -0.2) is 24.2 Å². The number of unbranched alkanes of at least 4 members (excludes halogenated alkanes) is 1. The molecule has 1 unspecified atom stereocenters. The first-order valence-corrected chi connectivity index (χ1v) is 7.79. The van der Waals surface area contributed by atoms with Crippen LogP contribution in [0.15, 0.2) is 30.3 Å². The van der Waals surface area contributed by atoms with Gasteiger partial charge in [0.15, 0.2) is 0 Å². The van der Waals surface area contributed by atoms with Crippen molar-refractivity contribution in [3.05, 3.63) is 35.9 Å². The third kappa shape index (κ3) is 4.96. The van der Waals surface area contributed by atoms with Crippen LogP contribution in [0.2, 0.25) is 0 Å². The van der Waals surface area contributed by atoms with Crippen molar-refractivity contribution in [2.24, 2.45) is 0 Å². The van der Waals surface area contributed by atoms with E-state index in [0.717, 1.165) is 6.61 Å². The second-order valence-electron chi connectivity index (χ2n) is 5.49. The highest BCUT2D eigenvalue weighted by molar-refractivity contribution is 5.13. The van der Waals surface area contributed by atoms with Crippen LogP contribution in [0.4, 0.5) is 0 Å². The molecule has 0 bridgehead atoms. The number of likely N-dealkylation sites (tertiary alicyclic amines) is 1. The predicted molar refractivity (Wildman–Crippen MR) is 80.0 cm³/mol. The average Bonchev–Trinajstić information content (AvgIpc) is 2.49. The minimum Gasteiger partial charge on any atom is -0.358 e. The number of nitrogens with zero attached hydrogens (tertiary/aromatic N) is 1. The van der Waals surface area contributed by atoms with E-state index < -0.39 is 0 Å². The largest absolute Gasteiger partial charge is 0.358 e. The van der Waals surface area contributed by atoms with Gasteiger partial charge in [-0.25, -0.2) is 0 Å². The molecule has 2 rings (SSSR count). The zero-order chi connectivity index (χ0) is 13.3. The van der Waals surface area contributed by atoms with E-state index in [1.54, 1.807) is 0 Å². The van der Waals surface area contributed by atoms with Crippen molar-refractivity contribution < 1.29 is 4.74 Å². The van der Waals surface area contributed by atoms with Crippen molar-refractivity contribution in [1.29, 1.82) is 0 Å². The van der Waals surface area contributed by atoms with Gasteiger partial charge in [-0.3, -0.25) is 4.90 Å². The first kappa shape index (κ1) is 14.5. The molecule has 0 aromatic heterocycles. The van der Waals surface area contributed by atoms with Crippen LogP contribution in [0.25, 0.3) is 0 Å². The Balaban J connectivity index is 1.85. The molecule has 0 radical (unpaired) electrons. The molecule has 1 aromatic carbocycles. The lowest BCUT2D eigenvalue weighted by molar-refractivity contribution is -0.0807. The summed E-state index contributed by atoms with van der Waals surface area (Å²) >= 11 is 0. The Kier molecular flexibility index (Phi) is 6.38. The number of benzene rings is 1. The number of piperidine rings is 1. The summed E-state index contributed by atoms with van der Waals surface area (Å²) in [4.78, 5) is 2.54. The normalized spacial score (nSPS) is 18.4. The third-order valence-corrected chi connectivity index (χ3v) is 3.89. The lowest BCUT2D eigenvalue weighted by Gasteiger charge is -2.34. The molecule has 1 aliphatic rings. The second-order valence-corrected chi connectivity index (χ2v) is 5.49. The highest BCUT2D eigenvalue weighted by atomic mass is 16.5. The third-order valence-electron chi connectivity index (χ3n) is 3.89. The van der Waals surface area contributed by atoms with E-state index in [2.05, 4.69) is 42.2 Å². The van der Waals surface area contributed by atoms with E-state index in [1.807, 2.05) is 0 Å². The molecule has 1 saturated heterocycles. The minimum absolute atomic E-state index is 0.320. The fourth-order valence-corrected chi connectivity index (χ4v) is 2.72. The Labute approximate surface area is 117 Å². The molecule has 0 spiro atoms. The van der Waals surface area contributed by atoms with E-state index in [4.69, 9.17) is 4.74 Å². The van der Waals surface area contributed by atoms with Crippen LogP contribution < -0.4 is 0 Å². The SMILES string of the molecule is CCCCC(OCc1ccccc1)N1CCCCC1. The summed E-state index contributed by atoms with van der Waals surface area (Å²) in [5.74, 6) is 0. The van der Waals surface area contributed by atoms with Gasteiger partial charge in [-0.15, -0.1) is 0 Å². The number of rotatable bonds is 7. The van der Waals surface area contributed by atoms with Gasteiger partial charge >= 0.3 is 0 Å². The minimum atomic E-state index is 0.320. The first-order chi connectivity index (χ1) is 9.40. The Hall–Kier alpha value is -0.860. The summed E-state index contributed by atoms with van der Waals surface area (Å²) < 4.78 is 6.20. The Morgan fingerprint density at radius 1 is 1.11 bits per heavy atom. The number of hydrogen-bond donors (Lipinski definition) is 0. The molecule has 1 heterocycles. The van der Waals surface area contributed by atoms with E-state index in [9.17, 15) is 0 Å². The molecule has 1 aliphatic heterocycles.